The zero-order valence-electron chi connectivity index (χ0n) is 11.2. The summed E-state index contributed by atoms with van der Waals surface area (Å²) in [4.78, 5) is 13.9. The van der Waals surface area contributed by atoms with Crippen LogP contribution in [0, 0.1) is 11.3 Å². The van der Waals surface area contributed by atoms with Gasteiger partial charge in [-0.15, -0.1) is 0 Å². The minimum Gasteiger partial charge on any atom is -0.342 e. The third-order valence-electron chi connectivity index (χ3n) is 3.08. The molecule has 0 N–H and O–H groups in total. The monoisotopic (exact) mass is 261 g/mol. The minimum atomic E-state index is -2.89. The van der Waals surface area contributed by atoms with E-state index >= 15 is 0 Å². The van der Waals surface area contributed by atoms with Gasteiger partial charge in [-0.05, 0) is 18.8 Å². The molecule has 0 spiro atoms. The average Bonchev–Trinajstić information content (AvgIpc) is 2.14. The van der Waals surface area contributed by atoms with Crippen LogP contribution in [0.4, 0.5) is 0 Å². The highest BCUT2D eigenvalue weighted by molar-refractivity contribution is 7.90. The molecule has 0 radical (unpaired) electrons. The quantitative estimate of drug-likeness (QED) is 0.753. The molecule has 0 atom stereocenters. The first-order chi connectivity index (χ1) is 7.59. The van der Waals surface area contributed by atoms with E-state index in [0.717, 1.165) is 12.8 Å². The molecule has 1 rings (SSSR count). The van der Waals surface area contributed by atoms with Crippen LogP contribution in [-0.4, -0.2) is 44.3 Å². The van der Waals surface area contributed by atoms with Gasteiger partial charge in [0.05, 0.1) is 5.75 Å². The van der Waals surface area contributed by atoms with Crippen molar-refractivity contribution in [3.05, 3.63) is 0 Å². The normalized spacial score (nSPS) is 19.4. The summed E-state index contributed by atoms with van der Waals surface area (Å²) in [5.41, 5.74) is -0.344. The Morgan fingerprint density at radius 2 is 1.71 bits per heavy atom. The molecule has 0 aromatic rings. The van der Waals surface area contributed by atoms with Gasteiger partial charge in [-0.2, -0.15) is 0 Å². The molecule has 1 heterocycles. The van der Waals surface area contributed by atoms with E-state index in [1.54, 1.807) is 0 Å². The Hall–Kier alpha value is -0.580. The fourth-order valence-corrected chi connectivity index (χ4v) is 3.39. The number of hydrogen-bond donors (Lipinski definition) is 0. The summed E-state index contributed by atoms with van der Waals surface area (Å²) in [5.74, 6) is 0.634. The molecule has 0 aromatic heterocycles. The van der Waals surface area contributed by atoms with Crippen LogP contribution in [0.1, 0.15) is 33.6 Å². The van der Waals surface area contributed by atoms with Crippen molar-refractivity contribution >= 4 is 15.7 Å². The van der Waals surface area contributed by atoms with Gasteiger partial charge >= 0.3 is 0 Å². The lowest BCUT2D eigenvalue weighted by Gasteiger charge is -2.35. The summed E-state index contributed by atoms with van der Waals surface area (Å²) in [6.45, 7) is 7.13. The van der Waals surface area contributed by atoms with Crippen molar-refractivity contribution in [1.29, 1.82) is 0 Å². The van der Waals surface area contributed by atoms with Gasteiger partial charge in [-0.3, -0.25) is 4.79 Å². The van der Waals surface area contributed by atoms with Gasteiger partial charge in [-0.25, -0.2) is 8.42 Å². The molecule has 1 fully saturated rings. The van der Waals surface area contributed by atoms with Gasteiger partial charge in [0.2, 0.25) is 5.91 Å². The van der Waals surface area contributed by atoms with Crippen molar-refractivity contribution in [2.45, 2.75) is 33.6 Å². The van der Waals surface area contributed by atoms with E-state index in [-0.39, 0.29) is 23.0 Å². The number of likely N-dealkylation sites (tertiary alicyclic amines) is 1. The molecule has 5 heteroatoms. The van der Waals surface area contributed by atoms with Crippen molar-refractivity contribution in [2.24, 2.45) is 11.3 Å². The Morgan fingerprint density at radius 3 is 2.06 bits per heavy atom. The number of hydrogen-bond acceptors (Lipinski definition) is 3. The first-order valence-electron chi connectivity index (χ1n) is 6.07. The van der Waals surface area contributed by atoms with E-state index in [0.29, 0.717) is 13.1 Å². The van der Waals surface area contributed by atoms with Crippen molar-refractivity contribution in [1.82, 2.24) is 4.90 Å². The summed E-state index contributed by atoms with van der Waals surface area (Å²) >= 11 is 0. The molecule has 0 unspecified atom stereocenters. The molecule has 1 aliphatic rings. The maximum atomic E-state index is 12.0. The number of carbonyl (C=O) groups is 1. The van der Waals surface area contributed by atoms with E-state index in [9.17, 15) is 13.2 Å². The Morgan fingerprint density at radius 1 is 1.24 bits per heavy atom. The van der Waals surface area contributed by atoms with Crippen LogP contribution in [-0.2, 0) is 14.6 Å². The first kappa shape index (κ1) is 14.5. The topological polar surface area (TPSA) is 54.5 Å². The summed E-state index contributed by atoms with van der Waals surface area (Å²) < 4.78 is 22.4. The van der Waals surface area contributed by atoms with E-state index < -0.39 is 9.84 Å². The lowest BCUT2D eigenvalue weighted by molar-refractivity contribution is -0.140. The fraction of sp³-hybridized carbons (Fsp3) is 0.917. The zero-order chi connectivity index (χ0) is 13.3. The number of carbonyl (C=O) groups excluding carboxylic acids is 1. The Kier molecular flexibility index (Phi) is 4.23. The highest BCUT2D eigenvalue weighted by Crippen LogP contribution is 2.24. The number of rotatable bonds is 2. The summed E-state index contributed by atoms with van der Waals surface area (Å²) in [5, 5.41) is 0. The number of amides is 1. The van der Waals surface area contributed by atoms with Gasteiger partial charge < -0.3 is 4.90 Å². The van der Waals surface area contributed by atoms with Crippen LogP contribution in [0.15, 0.2) is 0 Å². The van der Waals surface area contributed by atoms with Crippen LogP contribution < -0.4 is 0 Å². The smallest absolute Gasteiger partial charge is 0.227 e. The molecule has 17 heavy (non-hydrogen) atoms. The molecule has 4 nitrogen and oxygen atoms in total. The van der Waals surface area contributed by atoms with Crippen LogP contribution in [0.5, 0.6) is 0 Å². The van der Waals surface area contributed by atoms with Crippen LogP contribution in [0.3, 0.4) is 0 Å². The summed E-state index contributed by atoms with van der Waals surface area (Å²) in [6, 6.07) is 0. The van der Waals surface area contributed by atoms with Crippen molar-refractivity contribution < 1.29 is 13.2 Å². The van der Waals surface area contributed by atoms with Crippen LogP contribution in [0.25, 0.3) is 0 Å². The second-order valence-electron chi connectivity index (χ2n) is 6.08. The van der Waals surface area contributed by atoms with Crippen LogP contribution in [0.2, 0.25) is 0 Å². The Labute approximate surface area is 104 Å². The zero-order valence-corrected chi connectivity index (χ0v) is 12.0. The molecule has 0 aliphatic carbocycles. The van der Waals surface area contributed by atoms with Gasteiger partial charge in [0.1, 0.15) is 9.84 Å². The number of sulfone groups is 1. The molecule has 100 valence electrons. The van der Waals surface area contributed by atoms with Crippen molar-refractivity contribution in [3.8, 4) is 0 Å². The predicted molar refractivity (Wildman–Crippen MR) is 68.5 cm³/mol. The Bertz CT molecular complexity index is 373. The maximum absolute atomic E-state index is 12.0. The second-order valence-corrected chi connectivity index (χ2v) is 8.26. The molecular formula is C12H23NO3S. The molecule has 1 aliphatic heterocycles. The van der Waals surface area contributed by atoms with E-state index in [2.05, 4.69) is 0 Å². The van der Waals surface area contributed by atoms with E-state index in [1.165, 1.54) is 6.26 Å². The van der Waals surface area contributed by atoms with Gasteiger partial charge in [0.25, 0.3) is 0 Å². The highest BCUT2D eigenvalue weighted by Gasteiger charge is 2.30. The molecular weight excluding hydrogens is 238 g/mol. The molecule has 1 amide bonds. The molecule has 1 saturated heterocycles. The van der Waals surface area contributed by atoms with Crippen molar-refractivity contribution in [3.63, 3.8) is 0 Å². The van der Waals surface area contributed by atoms with E-state index in [4.69, 9.17) is 0 Å². The van der Waals surface area contributed by atoms with Crippen LogP contribution >= 0.6 is 0 Å². The summed E-state index contributed by atoms with van der Waals surface area (Å²) in [6.07, 6.45) is 2.88. The SMILES string of the molecule is CC(C)(C)C(=O)N1CCC(CS(C)(=O)=O)CC1. The van der Waals surface area contributed by atoms with Gasteiger partial charge in [0, 0.05) is 24.8 Å². The lowest BCUT2D eigenvalue weighted by atomic mass is 9.92. The molecule has 0 saturated carbocycles. The lowest BCUT2D eigenvalue weighted by Crippen LogP contribution is -2.44. The van der Waals surface area contributed by atoms with E-state index in [1.807, 2.05) is 25.7 Å². The third-order valence-corrected chi connectivity index (χ3v) is 4.16. The number of nitrogens with zero attached hydrogens (tertiary/aromatic N) is 1. The Balaban J connectivity index is 2.49. The molecule has 0 bridgehead atoms. The first-order valence-corrected chi connectivity index (χ1v) is 8.13. The summed E-state index contributed by atoms with van der Waals surface area (Å²) in [7, 11) is -2.89. The highest BCUT2D eigenvalue weighted by atomic mass is 32.2. The largest absolute Gasteiger partial charge is 0.342 e. The van der Waals surface area contributed by atoms with Gasteiger partial charge in [-0.1, -0.05) is 20.8 Å². The average molecular weight is 261 g/mol. The maximum Gasteiger partial charge on any atom is 0.227 e. The van der Waals surface area contributed by atoms with Crippen molar-refractivity contribution in [2.75, 3.05) is 25.1 Å². The van der Waals surface area contributed by atoms with Gasteiger partial charge in [0.15, 0.2) is 0 Å². The predicted octanol–water partition coefficient (Wildman–Crippen LogP) is 1.32. The minimum absolute atomic E-state index is 0.162. The second kappa shape index (κ2) is 4.96. The standard InChI is InChI=1S/C12H23NO3S/c1-12(2,3)11(14)13-7-5-10(6-8-13)9-17(4,15)16/h10H,5-9H2,1-4H3. The third kappa shape index (κ3) is 4.66. The molecule has 0 aromatic carbocycles. The fourth-order valence-electron chi connectivity index (χ4n) is 2.21. The number of piperidine rings is 1.